The lowest BCUT2D eigenvalue weighted by molar-refractivity contribution is 0.393. The normalized spacial score (nSPS) is 17.8. The van der Waals surface area contributed by atoms with E-state index in [1.807, 2.05) is 44.1 Å². The van der Waals surface area contributed by atoms with E-state index in [-0.39, 0.29) is 0 Å². The summed E-state index contributed by atoms with van der Waals surface area (Å²) in [5.74, 6) is 2.21. The second-order valence-electron chi connectivity index (χ2n) is 9.45. The highest BCUT2D eigenvalue weighted by molar-refractivity contribution is 7.97. The Morgan fingerprint density at radius 3 is 2.80 bits per heavy atom. The van der Waals surface area contributed by atoms with Gasteiger partial charge < -0.3 is 14.4 Å². The number of aryl methyl sites for hydroxylation is 4. The van der Waals surface area contributed by atoms with Gasteiger partial charge in [0, 0.05) is 59.1 Å². The van der Waals surface area contributed by atoms with Crippen LogP contribution in [0.4, 0.5) is 0 Å². The summed E-state index contributed by atoms with van der Waals surface area (Å²) in [7, 11) is 2.01. The molecule has 0 saturated heterocycles. The van der Waals surface area contributed by atoms with Crippen LogP contribution in [0.3, 0.4) is 0 Å². The summed E-state index contributed by atoms with van der Waals surface area (Å²) in [6, 6.07) is 6.92. The predicted octanol–water partition coefficient (Wildman–Crippen LogP) is 5.62. The number of rotatable bonds is 8. The second-order valence-corrected chi connectivity index (χ2v) is 10.3. The van der Waals surface area contributed by atoms with Gasteiger partial charge >= 0.3 is 0 Å². The van der Waals surface area contributed by atoms with E-state index in [0.29, 0.717) is 18.5 Å². The summed E-state index contributed by atoms with van der Waals surface area (Å²) in [5.41, 5.74) is 6.22. The van der Waals surface area contributed by atoms with Crippen LogP contribution in [0, 0.1) is 26.7 Å². The fourth-order valence-corrected chi connectivity index (χ4v) is 5.99. The quantitative estimate of drug-likeness (QED) is 0.312. The van der Waals surface area contributed by atoms with Gasteiger partial charge in [0.2, 0.25) is 0 Å². The van der Waals surface area contributed by atoms with Gasteiger partial charge in [-0.15, -0.1) is 0 Å². The standard InChI is InChI=1S/C27H32N6OS/c1-16-11-22-24(30-14-16)12-20(27-18(3)31-34-19(27)4)13-25(22)35-32-23-8-6-7-21(23)17(2)29-15-26-28-9-10-33(26)5/h9-14,21,23,29,32H,2,6-8,15H2,1,3-5H3. The molecule has 1 aliphatic rings. The molecule has 0 bridgehead atoms. The lowest BCUT2D eigenvalue weighted by Crippen LogP contribution is -2.32. The van der Waals surface area contributed by atoms with Gasteiger partial charge in [0.05, 0.1) is 17.8 Å². The van der Waals surface area contributed by atoms with E-state index in [9.17, 15) is 0 Å². The van der Waals surface area contributed by atoms with Crippen LogP contribution in [-0.4, -0.2) is 25.7 Å². The van der Waals surface area contributed by atoms with E-state index in [2.05, 4.69) is 51.9 Å². The molecule has 2 unspecified atom stereocenters. The molecule has 1 aliphatic carbocycles. The first-order chi connectivity index (χ1) is 16.9. The van der Waals surface area contributed by atoms with Crippen molar-refractivity contribution >= 4 is 22.9 Å². The molecule has 0 spiro atoms. The van der Waals surface area contributed by atoms with E-state index >= 15 is 0 Å². The van der Waals surface area contributed by atoms with Crippen molar-refractivity contribution in [3.63, 3.8) is 0 Å². The molecule has 3 heterocycles. The molecule has 0 aliphatic heterocycles. The first-order valence-corrected chi connectivity index (χ1v) is 12.9. The van der Waals surface area contributed by atoms with Gasteiger partial charge in [-0.05, 0) is 74.9 Å². The van der Waals surface area contributed by atoms with Crippen LogP contribution in [0.5, 0.6) is 0 Å². The molecule has 5 rings (SSSR count). The van der Waals surface area contributed by atoms with Gasteiger partial charge in [-0.2, -0.15) is 0 Å². The van der Waals surface area contributed by atoms with Crippen molar-refractivity contribution < 1.29 is 4.52 Å². The third-order valence-corrected chi connectivity index (χ3v) is 7.88. The van der Waals surface area contributed by atoms with Crippen molar-refractivity contribution in [1.29, 1.82) is 0 Å². The lowest BCUT2D eigenvalue weighted by Gasteiger charge is -2.24. The summed E-state index contributed by atoms with van der Waals surface area (Å²) in [6.45, 7) is 11.1. The topological polar surface area (TPSA) is 80.8 Å². The molecule has 35 heavy (non-hydrogen) atoms. The molecule has 1 fully saturated rings. The molecule has 2 atom stereocenters. The van der Waals surface area contributed by atoms with E-state index in [0.717, 1.165) is 68.3 Å². The maximum Gasteiger partial charge on any atom is 0.141 e. The number of benzene rings is 1. The fourth-order valence-electron chi connectivity index (χ4n) is 4.97. The van der Waals surface area contributed by atoms with Crippen LogP contribution in [0.1, 0.15) is 42.1 Å². The zero-order valence-corrected chi connectivity index (χ0v) is 21.6. The molecule has 182 valence electrons. The van der Waals surface area contributed by atoms with Crippen molar-refractivity contribution in [2.24, 2.45) is 13.0 Å². The van der Waals surface area contributed by atoms with E-state index in [4.69, 9.17) is 9.51 Å². The molecule has 2 N–H and O–H groups in total. The van der Waals surface area contributed by atoms with Gasteiger partial charge in [-0.1, -0.05) is 18.2 Å². The summed E-state index contributed by atoms with van der Waals surface area (Å²) in [6.07, 6.45) is 9.16. The molecule has 0 amide bonds. The first kappa shape index (κ1) is 23.6. The summed E-state index contributed by atoms with van der Waals surface area (Å²) < 4.78 is 11.3. The molecule has 1 saturated carbocycles. The highest BCUT2D eigenvalue weighted by atomic mass is 32.2. The van der Waals surface area contributed by atoms with Crippen molar-refractivity contribution in [2.75, 3.05) is 0 Å². The van der Waals surface area contributed by atoms with Crippen molar-refractivity contribution in [3.8, 4) is 11.1 Å². The largest absolute Gasteiger partial charge is 0.381 e. The SMILES string of the molecule is C=C(NCc1nccn1C)C1CCCC1NSc1cc(-c2c(C)noc2C)cc2ncc(C)cc12. The molecule has 3 aromatic heterocycles. The Morgan fingerprint density at radius 1 is 1.20 bits per heavy atom. The minimum Gasteiger partial charge on any atom is -0.381 e. The molecule has 7 nitrogen and oxygen atoms in total. The van der Waals surface area contributed by atoms with Crippen molar-refractivity contribution in [2.45, 2.75) is 57.5 Å². The Bertz CT molecular complexity index is 1350. The number of nitrogens with one attached hydrogen (secondary N) is 2. The van der Waals surface area contributed by atoms with Crippen molar-refractivity contribution in [1.82, 2.24) is 29.7 Å². The summed E-state index contributed by atoms with van der Waals surface area (Å²) >= 11 is 1.69. The average Bonchev–Trinajstić information content (AvgIpc) is 3.56. The number of fused-ring (bicyclic) bond motifs is 1. The van der Waals surface area contributed by atoms with Gasteiger partial charge in [0.1, 0.15) is 11.6 Å². The predicted molar refractivity (Wildman–Crippen MR) is 141 cm³/mol. The van der Waals surface area contributed by atoms with E-state index in [1.54, 1.807) is 11.9 Å². The highest BCUT2D eigenvalue weighted by Crippen LogP contribution is 2.37. The highest BCUT2D eigenvalue weighted by Gasteiger charge is 2.30. The molecule has 8 heteroatoms. The van der Waals surface area contributed by atoms with Crippen LogP contribution < -0.4 is 10.0 Å². The third-order valence-electron chi connectivity index (χ3n) is 6.90. The maximum atomic E-state index is 5.44. The Kier molecular flexibility index (Phi) is 6.67. The van der Waals surface area contributed by atoms with Crippen LogP contribution in [0.15, 0.2) is 58.5 Å². The summed E-state index contributed by atoms with van der Waals surface area (Å²) in [5, 5.41) is 8.83. The zero-order valence-electron chi connectivity index (χ0n) is 20.8. The van der Waals surface area contributed by atoms with Crippen LogP contribution >= 0.6 is 11.9 Å². The van der Waals surface area contributed by atoms with E-state index in [1.165, 1.54) is 6.42 Å². The number of imidazole rings is 1. The van der Waals surface area contributed by atoms with Gasteiger partial charge in [0.25, 0.3) is 0 Å². The third kappa shape index (κ3) is 4.86. The zero-order chi connectivity index (χ0) is 24.5. The minimum atomic E-state index is 0.344. The van der Waals surface area contributed by atoms with E-state index < -0.39 is 0 Å². The van der Waals surface area contributed by atoms with Crippen molar-refractivity contribution in [3.05, 3.63) is 71.9 Å². The Morgan fingerprint density at radius 2 is 2.06 bits per heavy atom. The van der Waals surface area contributed by atoms with Crippen LogP contribution in [0.2, 0.25) is 0 Å². The lowest BCUT2D eigenvalue weighted by atomic mass is 10.0. The molecular weight excluding hydrogens is 456 g/mol. The molecule has 4 aromatic rings. The maximum absolute atomic E-state index is 5.44. The number of hydrogen-bond donors (Lipinski definition) is 2. The Labute approximate surface area is 210 Å². The number of aromatic nitrogens is 4. The molecule has 1 aromatic carbocycles. The second kappa shape index (κ2) is 9.87. The summed E-state index contributed by atoms with van der Waals surface area (Å²) in [4.78, 5) is 10.3. The fraction of sp³-hybridized carbons (Fsp3) is 0.370. The van der Waals surface area contributed by atoms with Crippen LogP contribution in [0.25, 0.3) is 22.0 Å². The number of pyridine rings is 1. The Hall–Kier alpha value is -3.10. The van der Waals surface area contributed by atoms with Gasteiger partial charge in [-0.3, -0.25) is 9.71 Å². The van der Waals surface area contributed by atoms with Gasteiger partial charge in [0.15, 0.2) is 0 Å². The smallest absolute Gasteiger partial charge is 0.141 e. The molecule has 0 radical (unpaired) electrons. The van der Waals surface area contributed by atoms with Crippen LogP contribution in [-0.2, 0) is 13.6 Å². The molecular formula is C27H32N6OS. The Balaban J connectivity index is 1.36. The minimum absolute atomic E-state index is 0.344. The first-order valence-electron chi connectivity index (χ1n) is 12.1. The monoisotopic (exact) mass is 488 g/mol. The number of nitrogens with zero attached hydrogens (tertiary/aromatic N) is 4. The number of hydrogen-bond acceptors (Lipinski definition) is 7. The van der Waals surface area contributed by atoms with Gasteiger partial charge in [-0.25, -0.2) is 4.98 Å². The average molecular weight is 489 g/mol.